The lowest BCUT2D eigenvalue weighted by Crippen LogP contribution is -2.49. The van der Waals surface area contributed by atoms with Crippen molar-refractivity contribution >= 4 is 11.7 Å². The van der Waals surface area contributed by atoms with Crippen molar-refractivity contribution in [2.45, 2.75) is 26.2 Å². The molecular weight excluding hydrogens is 328 g/mol. The average molecular weight is 350 g/mol. The van der Waals surface area contributed by atoms with Crippen LogP contribution in [0.1, 0.15) is 36.7 Å². The molecule has 7 heteroatoms. The Labute approximate surface area is 153 Å². The predicted octanol–water partition coefficient (Wildman–Crippen LogP) is 1.76. The molecule has 0 bridgehead atoms. The van der Waals surface area contributed by atoms with E-state index < -0.39 is 0 Å². The van der Waals surface area contributed by atoms with Crippen molar-refractivity contribution in [1.29, 1.82) is 5.26 Å². The smallest absolute Gasteiger partial charge is 0.227 e. The van der Waals surface area contributed by atoms with E-state index in [2.05, 4.69) is 33.9 Å². The summed E-state index contributed by atoms with van der Waals surface area (Å²) in [5.74, 6) is 1.25. The van der Waals surface area contributed by atoms with Crippen LogP contribution in [0.2, 0.25) is 0 Å². The summed E-state index contributed by atoms with van der Waals surface area (Å²) in [7, 11) is 0. The monoisotopic (exact) mass is 350 g/mol. The fraction of sp³-hybridized carbons (Fsp3) is 0.421. The topological polar surface area (TPSA) is 86.0 Å². The van der Waals surface area contributed by atoms with Crippen molar-refractivity contribution in [2.75, 3.05) is 31.1 Å². The number of hydrogen-bond donors (Lipinski definition) is 0. The van der Waals surface area contributed by atoms with Crippen LogP contribution >= 0.6 is 0 Å². The second-order valence-corrected chi connectivity index (χ2v) is 6.68. The molecule has 0 atom stereocenters. The quantitative estimate of drug-likeness (QED) is 0.835. The van der Waals surface area contributed by atoms with Gasteiger partial charge in [-0.2, -0.15) is 5.26 Å². The molecule has 1 amide bonds. The third-order valence-corrected chi connectivity index (χ3v) is 4.52. The van der Waals surface area contributed by atoms with Gasteiger partial charge in [0.2, 0.25) is 5.91 Å². The fourth-order valence-electron chi connectivity index (χ4n) is 2.91. The van der Waals surface area contributed by atoms with Gasteiger partial charge in [0.1, 0.15) is 6.07 Å². The summed E-state index contributed by atoms with van der Waals surface area (Å²) in [6.45, 7) is 6.92. The minimum atomic E-state index is 0.120. The van der Waals surface area contributed by atoms with Gasteiger partial charge in [-0.25, -0.2) is 0 Å². The van der Waals surface area contributed by atoms with Gasteiger partial charge < -0.3 is 9.80 Å². The number of anilines is 1. The van der Waals surface area contributed by atoms with Crippen LogP contribution in [-0.2, 0) is 11.2 Å². The lowest BCUT2D eigenvalue weighted by atomic mass is 10.1. The number of rotatable bonds is 4. The first-order chi connectivity index (χ1) is 12.6. The Bertz CT molecular complexity index is 786. The molecule has 1 saturated heterocycles. The van der Waals surface area contributed by atoms with E-state index in [4.69, 9.17) is 5.26 Å². The fourth-order valence-corrected chi connectivity index (χ4v) is 2.91. The molecule has 1 aliphatic heterocycles. The standard InChI is InChI=1S/C19H22N6O/c1-14(2)17-5-3-15(13-21-17)11-19(26)25-9-7-24(8-10-25)18-6-4-16(12-20)22-23-18/h3-6,13-14H,7-11H2,1-2H3. The van der Waals surface area contributed by atoms with Crippen molar-refractivity contribution in [3.8, 4) is 6.07 Å². The summed E-state index contributed by atoms with van der Waals surface area (Å²) in [6.07, 6.45) is 2.18. The van der Waals surface area contributed by atoms with E-state index in [0.717, 1.165) is 17.1 Å². The van der Waals surface area contributed by atoms with Crippen molar-refractivity contribution in [3.05, 3.63) is 47.4 Å². The molecular formula is C19H22N6O. The van der Waals surface area contributed by atoms with Gasteiger partial charge >= 0.3 is 0 Å². The number of hydrogen-bond acceptors (Lipinski definition) is 6. The first-order valence-electron chi connectivity index (χ1n) is 8.78. The van der Waals surface area contributed by atoms with Crippen molar-refractivity contribution in [2.24, 2.45) is 0 Å². The normalized spacial score (nSPS) is 14.4. The number of pyridine rings is 1. The summed E-state index contributed by atoms with van der Waals surface area (Å²) in [6, 6.07) is 9.40. The van der Waals surface area contributed by atoms with Crippen LogP contribution in [-0.4, -0.2) is 52.2 Å². The van der Waals surface area contributed by atoms with Gasteiger partial charge in [0.05, 0.1) is 6.42 Å². The maximum atomic E-state index is 12.5. The minimum Gasteiger partial charge on any atom is -0.352 e. The highest BCUT2D eigenvalue weighted by molar-refractivity contribution is 5.79. The molecule has 3 heterocycles. The summed E-state index contributed by atoms with van der Waals surface area (Å²) in [5, 5.41) is 16.7. The van der Waals surface area contributed by atoms with Crippen molar-refractivity contribution in [3.63, 3.8) is 0 Å². The van der Waals surface area contributed by atoms with Crippen molar-refractivity contribution in [1.82, 2.24) is 20.1 Å². The van der Waals surface area contributed by atoms with Crippen LogP contribution in [0.25, 0.3) is 0 Å². The summed E-state index contributed by atoms with van der Waals surface area (Å²) < 4.78 is 0. The third kappa shape index (κ3) is 4.14. The number of nitrogens with zero attached hydrogens (tertiary/aromatic N) is 6. The molecule has 0 unspecified atom stereocenters. The van der Waals surface area contributed by atoms with Crippen LogP contribution in [0.15, 0.2) is 30.5 Å². The first-order valence-corrected chi connectivity index (χ1v) is 8.78. The van der Waals surface area contributed by atoms with E-state index in [9.17, 15) is 4.79 Å². The number of aromatic nitrogens is 3. The Morgan fingerprint density at radius 1 is 1.15 bits per heavy atom. The summed E-state index contributed by atoms with van der Waals surface area (Å²) in [5.41, 5.74) is 2.29. The first kappa shape index (κ1) is 17.8. The van der Waals surface area contributed by atoms with E-state index in [1.165, 1.54) is 0 Å². The molecule has 2 aromatic heterocycles. The lowest BCUT2D eigenvalue weighted by Gasteiger charge is -2.35. The molecule has 1 fully saturated rings. The van der Waals surface area contributed by atoms with Gasteiger partial charge in [-0.05, 0) is 29.7 Å². The molecule has 0 spiro atoms. The molecule has 26 heavy (non-hydrogen) atoms. The summed E-state index contributed by atoms with van der Waals surface area (Å²) in [4.78, 5) is 20.9. The number of amides is 1. The second-order valence-electron chi connectivity index (χ2n) is 6.68. The second kappa shape index (κ2) is 7.91. The van der Waals surface area contributed by atoms with Crippen LogP contribution < -0.4 is 4.90 Å². The molecule has 3 rings (SSSR count). The van der Waals surface area contributed by atoms with Crippen LogP contribution in [0.3, 0.4) is 0 Å². The molecule has 0 aromatic carbocycles. The Morgan fingerprint density at radius 2 is 1.92 bits per heavy atom. The van der Waals surface area contributed by atoms with E-state index in [1.807, 2.05) is 23.1 Å². The van der Waals surface area contributed by atoms with Gasteiger partial charge in [0.15, 0.2) is 11.5 Å². The maximum Gasteiger partial charge on any atom is 0.227 e. The number of carbonyl (C=O) groups excluding carboxylic acids is 1. The predicted molar refractivity (Wildman–Crippen MR) is 97.6 cm³/mol. The number of carbonyl (C=O) groups is 1. The van der Waals surface area contributed by atoms with Gasteiger partial charge in [-0.15, -0.1) is 10.2 Å². The highest BCUT2D eigenvalue weighted by Crippen LogP contribution is 2.15. The molecule has 0 saturated carbocycles. The molecule has 0 aliphatic carbocycles. The largest absolute Gasteiger partial charge is 0.352 e. The Balaban J connectivity index is 1.53. The van der Waals surface area contributed by atoms with Crippen LogP contribution in [0.5, 0.6) is 0 Å². The zero-order valence-electron chi connectivity index (χ0n) is 15.1. The maximum absolute atomic E-state index is 12.5. The van der Waals surface area contributed by atoms with Crippen molar-refractivity contribution < 1.29 is 4.79 Å². The summed E-state index contributed by atoms with van der Waals surface area (Å²) >= 11 is 0. The Kier molecular flexibility index (Phi) is 5.42. The zero-order valence-corrected chi connectivity index (χ0v) is 15.1. The Hall–Kier alpha value is -3.01. The lowest BCUT2D eigenvalue weighted by molar-refractivity contribution is -0.130. The zero-order chi connectivity index (χ0) is 18.5. The molecule has 0 N–H and O–H groups in total. The SMILES string of the molecule is CC(C)c1ccc(CC(=O)N2CCN(c3ccc(C#N)nn3)CC2)cn1. The third-order valence-electron chi connectivity index (χ3n) is 4.52. The minimum absolute atomic E-state index is 0.120. The van der Waals surface area contributed by atoms with Crippen LogP contribution in [0, 0.1) is 11.3 Å². The average Bonchev–Trinajstić information content (AvgIpc) is 2.68. The van der Waals surface area contributed by atoms with Gasteiger partial charge in [0.25, 0.3) is 0 Å². The number of piperazine rings is 1. The molecule has 0 radical (unpaired) electrons. The molecule has 1 aliphatic rings. The van der Waals surface area contributed by atoms with Gasteiger partial charge in [0, 0.05) is 38.1 Å². The Morgan fingerprint density at radius 3 is 2.46 bits per heavy atom. The van der Waals surface area contributed by atoms with Gasteiger partial charge in [-0.1, -0.05) is 19.9 Å². The van der Waals surface area contributed by atoms with Crippen LogP contribution in [0.4, 0.5) is 5.82 Å². The molecule has 7 nitrogen and oxygen atoms in total. The van der Waals surface area contributed by atoms with E-state index >= 15 is 0 Å². The highest BCUT2D eigenvalue weighted by atomic mass is 16.2. The van der Waals surface area contributed by atoms with E-state index in [-0.39, 0.29) is 5.91 Å². The van der Waals surface area contributed by atoms with E-state index in [0.29, 0.717) is 44.2 Å². The molecule has 2 aromatic rings. The molecule has 134 valence electrons. The highest BCUT2D eigenvalue weighted by Gasteiger charge is 2.22. The number of nitriles is 1. The van der Waals surface area contributed by atoms with E-state index in [1.54, 1.807) is 18.3 Å². The van der Waals surface area contributed by atoms with Gasteiger partial charge in [-0.3, -0.25) is 9.78 Å².